The molecule has 0 bridgehead atoms. The van der Waals surface area contributed by atoms with Gasteiger partial charge in [0.1, 0.15) is 4.21 Å². The molecule has 0 aliphatic heterocycles. The number of alkyl halides is 1. The van der Waals surface area contributed by atoms with Crippen LogP contribution in [0.4, 0.5) is 0 Å². The normalized spacial score (nSPS) is 10.9. The number of hydrogen-bond donors (Lipinski definition) is 0. The molecule has 0 spiro atoms. The molecule has 0 aliphatic carbocycles. The van der Waals surface area contributed by atoms with E-state index in [0.29, 0.717) is 0 Å². The van der Waals surface area contributed by atoms with Crippen molar-refractivity contribution in [3.63, 3.8) is 0 Å². The zero-order chi connectivity index (χ0) is 13.5. The largest absolute Gasteiger partial charge is 0.270 e. The highest BCUT2D eigenvalue weighted by Gasteiger charge is 2.13. The number of rotatable bonds is 4. The van der Waals surface area contributed by atoms with Crippen LogP contribution in [0.25, 0.3) is 0 Å². The molecule has 0 saturated heterocycles. The standard InChI is InChI=1S/C6H7ClO2S2.C5H11Cl/c1-4-3-6(10-5(4)2)11(7,8)9;1-2-3-4-5-6/h3H,1-2H3;2-5H2,1H3. The Morgan fingerprint density at radius 1 is 1.29 bits per heavy atom. The van der Waals surface area contributed by atoms with Gasteiger partial charge >= 0.3 is 0 Å². The lowest BCUT2D eigenvalue weighted by Crippen LogP contribution is -1.83. The van der Waals surface area contributed by atoms with Gasteiger partial charge in [0.2, 0.25) is 0 Å². The first-order valence-electron chi connectivity index (χ1n) is 5.40. The smallest absolute Gasteiger partial charge is 0.206 e. The van der Waals surface area contributed by atoms with Crippen LogP contribution in [0.5, 0.6) is 0 Å². The summed E-state index contributed by atoms with van der Waals surface area (Å²) in [6.45, 7) is 5.90. The van der Waals surface area contributed by atoms with Crippen LogP contribution in [0.15, 0.2) is 10.3 Å². The molecule has 0 amide bonds. The van der Waals surface area contributed by atoms with E-state index in [-0.39, 0.29) is 4.21 Å². The van der Waals surface area contributed by atoms with Crippen molar-refractivity contribution < 1.29 is 8.42 Å². The molecule has 0 saturated carbocycles. The van der Waals surface area contributed by atoms with Crippen molar-refractivity contribution >= 4 is 42.7 Å². The SMILES string of the molecule is CCCCCCl.Cc1cc(S(=O)(=O)Cl)sc1C. The van der Waals surface area contributed by atoms with E-state index in [9.17, 15) is 8.42 Å². The molecule has 0 atom stereocenters. The van der Waals surface area contributed by atoms with Gasteiger partial charge in [-0.1, -0.05) is 19.8 Å². The molecular weight excluding hydrogens is 299 g/mol. The van der Waals surface area contributed by atoms with Crippen LogP contribution in [-0.4, -0.2) is 14.3 Å². The maximum absolute atomic E-state index is 10.8. The van der Waals surface area contributed by atoms with Crippen molar-refractivity contribution in [3.05, 3.63) is 16.5 Å². The maximum atomic E-state index is 10.8. The Labute approximate surface area is 117 Å². The van der Waals surface area contributed by atoms with Crippen LogP contribution in [-0.2, 0) is 9.05 Å². The van der Waals surface area contributed by atoms with Crippen molar-refractivity contribution in [2.75, 3.05) is 5.88 Å². The summed E-state index contributed by atoms with van der Waals surface area (Å²) in [5.74, 6) is 0.827. The van der Waals surface area contributed by atoms with E-state index in [1.54, 1.807) is 6.07 Å². The second-order valence-corrected chi connectivity index (χ2v) is 8.07. The van der Waals surface area contributed by atoms with E-state index in [1.165, 1.54) is 30.6 Å². The fraction of sp³-hybridized carbons (Fsp3) is 0.636. The molecule has 0 radical (unpaired) electrons. The lowest BCUT2D eigenvalue weighted by atomic mass is 10.3. The van der Waals surface area contributed by atoms with E-state index >= 15 is 0 Å². The predicted molar refractivity (Wildman–Crippen MR) is 77.1 cm³/mol. The molecule has 0 N–H and O–H groups in total. The molecule has 1 aromatic rings. The molecule has 0 aliphatic rings. The first kappa shape index (κ1) is 17.2. The van der Waals surface area contributed by atoms with E-state index in [2.05, 4.69) is 6.92 Å². The molecule has 2 nitrogen and oxygen atoms in total. The fourth-order valence-corrected chi connectivity index (χ4v) is 3.46. The summed E-state index contributed by atoms with van der Waals surface area (Å²) < 4.78 is 21.8. The summed E-state index contributed by atoms with van der Waals surface area (Å²) in [7, 11) is 1.61. The maximum Gasteiger partial charge on any atom is 0.270 e. The number of hydrogen-bond acceptors (Lipinski definition) is 3. The molecule has 0 fully saturated rings. The molecule has 0 unspecified atom stereocenters. The minimum atomic E-state index is -3.51. The molecular formula is C11H18Cl2O2S2. The van der Waals surface area contributed by atoms with Gasteiger partial charge in [-0.15, -0.1) is 22.9 Å². The number of aryl methyl sites for hydroxylation is 2. The Bertz CT molecular complexity index is 401. The zero-order valence-corrected chi connectivity index (χ0v) is 13.4. The predicted octanol–water partition coefficient (Wildman–Crippen LogP) is 4.71. The molecule has 100 valence electrons. The third kappa shape index (κ3) is 7.29. The highest BCUT2D eigenvalue weighted by atomic mass is 35.7. The number of thiophene rings is 1. The fourth-order valence-electron chi connectivity index (χ4n) is 1.00. The lowest BCUT2D eigenvalue weighted by molar-refractivity contribution is 0.611. The second-order valence-electron chi connectivity index (χ2n) is 3.64. The Balaban J connectivity index is 0.000000366. The Hall–Kier alpha value is 0.230. The molecule has 17 heavy (non-hydrogen) atoms. The van der Waals surface area contributed by atoms with Gasteiger partial charge in [0, 0.05) is 21.4 Å². The van der Waals surface area contributed by atoms with Crippen LogP contribution in [0.1, 0.15) is 36.6 Å². The topological polar surface area (TPSA) is 34.1 Å². The van der Waals surface area contributed by atoms with Crippen molar-refractivity contribution in [2.24, 2.45) is 0 Å². The summed E-state index contributed by atoms with van der Waals surface area (Å²) in [5, 5.41) is 0. The van der Waals surface area contributed by atoms with Crippen molar-refractivity contribution in [1.29, 1.82) is 0 Å². The first-order chi connectivity index (χ1) is 7.82. The van der Waals surface area contributed by atoms with E-state index in [1.807, 2.05) is 13.8 Å². The first-order valence-corrected chi connectivity index (χ1v) is 9.06. The van der Waals surface area contributed by atoms with Crippen molar-refractivity contribution in [2.45, 2.75) is 44.2 Å². The zero-order valence-electron chi connectivity index (χ0n) is 10.3. The van der Waals surface area contributed by atoms with Gasteiger partial charge in [0.05, 0.1) is 0 Å². The molecule has 1 rings (SSSR count). The monoisotopic (exact) mass is 316 g/mol. The van der Waals surface area contributed by atoms with Crippen LogP contribution >= 0.6 is 33.6 Å². The summed E-state index contributed by atoms with van der Waals surface area (Å²) >= 11 is 6.58. The Kier molecular flexibility index (Phi) is 8.47. The van der Waals surface area contributed by atoms with Gasteiger partial charge in [-0.25, -0.2) is 8.42 Å². The minimum absolute atomic E-state index is 0.231. The quantitative estimate of drug-likeness (QED) is 0.458. The number of unbranched alkanes of at least 4 members (excludes halogenated alkanes) is 2. The molecule has 0 aromatic carbocycles. The second kappa shape index (κ2) is 8.35. The highest BCUT2D eigenvalue weighted by molar-refractivity contribution is 8.15. The molecule has 6 heteroatoms. The van der Waals surface area contributed by atoms with Crippen LogP contribution < -0.4 is 0 Å². The van der Waals surface area contributed by atoms with E-state index in [4.69, 9.17) is 22.3 Å². The average Bonchev–Trinajstić information content (AvgIpc) is 2.57. The third-order valence-electron chi connectivity index (χ3n) is 2.12. The minimum Gasteiger partial charge on any atom is -0.206 e. The Morgan fingerprint density at radius 2 is 1.88 bits per heavy atom. The number of halogens is 2. The lowest BCUT2D eigenvalue weighted by Gasteiger charge is -1.84. The van der Waals surface area contributed by atoms with Crippen LogP contribution in [0.3, 0.4) is 0 Å². The summed E-state index contributed by atoms with van der Waals surface area (Å²) in [4.78, 5) is 0.990. The summed E-state index contributed by atoms with van der Waals surface area (Å²) in [6.07, 6.45) is 3.73. The summed E-state index contributed by atoms with van der Waals surface area (Å²) in [6, 6.07) is 1.59. The van der Waals surface area contributed by atoms with Crippen molar-refractivity contribution in [3.8, 4) is 0 Å². The van der Waals surface area contributed by atoms with Gasteiger partial charge in [-0.2, -0.15) is 0 Å². The van der Waals surface area contributed by atoms with Gasteiger partial charge < -0.3 is 0 Å². The molecule has 1 aromatic heterocycles. The summed E-state index contributed by atoms with van der Waals surface area (Å²) in [5.41, 5.74) is 0.967. The average molecular weight is 317 g/mol. The van der Waals surface area contributed by atoms with Crippen LogP contribution in [0.2, 0.25) is 0 Å². The highest BCUT2D eigenvalue weighted by Crippen LogP contribution is 2.27. The van der Waals surface area contributed by atoms with Crippen molar-refractivity contribution in [1.82, 2.24) is 0 Å². The van der Waals surface area contributed by atoms with E-state index < -0.39 is 9.05 Å². The van der Waals surface area contributed by atoms with Crippen LogP contribution in [0, 0.1) is 13.8 Å². The Morgan fingerprint density at radius 3 is 2.06 bits per heavy atom. The van der Waals surface area contributed by atoms with E-state index in [0.717, 1.165) is 16.3 Å². The van der Waals surface area contributed by atoms with Gasteiger partial charge in [-0.05, 0) is 31.9 Å². The van der Waals surface area contributed by atoms with Gasteiger partial charge in [-0.3, -0.25) is 0 Å². The van der Waals surface area contributed by atoms with Gasteiger partial charge in [0.25, 0.3) is 9.05 Å². The molecule has 1 heterocycles. The van der Waals surface area contributed by atoms with Gasteiger partial charge in [0.15, 0.2) is 0 Å². The third-order valence-corrected chi connectivity index (χ3v) is 5.62.